The molecule has 2 amide bonds. The molecule has 0 bridgehead atoms. The fraction of sp³-hybridized carbons (Fsp3) is 0.300. The molecular weight excluding hydrogens is 352 g/mol. The predicted molar refractivity (Wildman–Crippen MR) is 103 cm³/mol. The molecule has 1 N–H and O–H groups in total. The van der Waals surface area contributed by atoms with E-state index >= 15 is 0 Å². The molecule has 6 heteroatoms. The van der Waals surface area contributed by atoms with E-state index in [2.05, 4.69) is 5.32 Å². The van der Waals surface area contributed by atoms with Gasteiger partial charge in [0.15, 0.2) is 0 Å². The zero-order valence-electron chi connectivity index (χ0n) is 15.0. The van der Waals surface area contributed by atoms with E-state index in [1.807, 2.05) is 44.2 Å². The van der Waals surface area contributed by atoms with Crippen LogP contribution in [0, 0.1) is 19.8 Å². The lowest BCUT2D eigenvalue weighted by Gasteiger charge is -2.20. The lowest BCUT2D eigenvalue weighted by atomic mass is 10.1. The first-order valence-electron chi connectivity index (χ1n) is 8.41. The highest BCUT2D eigenvalue weighted by Gasteiger charge is 2.36. The number of nitrogens with one attached hydrogen (secondary N) is 1. The molecule has 26 heavy (non-hydrogen) atoms. The van der Waals surface area contributed by atoms with Gasteiger partial charge >= 0.3 is 0 Å². The predicted octanol–water partition coefficient (Wildman–Crippen LogP) is 3.96. The molecule has 1 fully saturated rings. The van der Waals surface area contributed by atoms with Crippen LogP contribution in [0.1, 0.15) is 17.5 Å². The number of rotatable bonds is 4. The number of halogens is 1. The first-order chi connectivity index (χ1) is 12.4. The van der Waals surface area contributed by atoms with E-state index in [-0.39, 0.29) is 18.2 Å². The fourth-order valence-electron chi connectivity index (χ4n) is 3.11. The first kappa shape index (κ1) is 18.3. The van der Waals surface area contributed by atoms with Crippen molar-refractivity contribution >= 4 is 34.8 Å². The molecule has 0 aromatic heterocycles. The lowest BCUT2D eigenvalue weighted by molar-refractivity contribution is -0.122. The van der Waals surface area contributed by atoms with E-state index in [9.17, 15) is 9.59 Å². The molecule has 1 aliphatic heterocycles. The Hall–Kier alpha value is -2.53. The van der Waals surface area contributed by atoms with Crippen LogP contribution in [-0.4, -0.2) is 25.5 Å². The monoisotopic (exact) mass is 372 g/mol. The Balaban J connectivity index is 1.78. The fourth-order valence-corrected chi connectivity index (χ4v) is 3.26. The van der Waals surface area contributed by atoms with Gasteiger partial charge < -0.3 is 15.0 Å². The SMILES string of the molecule is COc1cc(Cl)c(C)cc1N1CC(C(=O)Nc2cccc(C)c2)CC1=O. The van der Waals surface area contributed by atoms with E-state index < -0.39 is 5.92 Å². The largest absolute Gasteiger partial charge is 0.495 e. The van der Waals surface area contributed by atoms with Crippen molar-refractivity contribution in [2.45, 2.75) is 20.3 Å². The second-order valence-corrected chi connectivity index (χ2v) is 6.94. The van der Waals surface area contributed by atoms with Crippen molar-refractivity contribution in [2.75, 3.05) is 23.9 Å². The highest BCUT2D eigenvalue weighted by molar-refractivity contribution is 6.31. The molecule has 0 saturated carbocycles. The van der Waals surface area contributed by atoms with Crippen molar-refractivity contribution in [3.05, 3.63) is 52.5 Å². The maximum Gasteiger partial charge on any atom is 0.229 e. The minimum absolute atomic E-state index is 0.102. The molecule has 0 radical (unpaired) electrons. The third-order valence-electron chi connectivity index (χ3n) is 4.53. The summed E-state index contributed by atoms with van der Waals surface area (Å²) in [4.78, 5) is 26.7. The van der Waals surface area contributed by atoms with Gasteiger partial charge in [-0.05, 0) is 43.2 Å². The van der Waals surface area contributed by atoms with Gasteiger partial charge in [0, 0.05) is 29.7 Å². The van der Waals surface area contributed by atoms with Crippen LogP contribution in [0.3, 0.4) is 0 Å². The molecule has 3 rings (SSSR count). The number of hydrogen-bond acceptors (Lipinski definition) is 3. The lowest BCUT2D eigenvalue weighted by Crippen LogP contribution is -2.28. The van der Waals surface area contributed by atoms with Gasteiger partial charge in [0.1, 0.15) is 5.75 Å². The number of benzene rings is 2. The molecule has 1 aliphatic rings. The van der Waals surface area contributed by atoms with Crippen molar-refractivity contribution in [1.29, 1.82) is 0 Å². The summed E-state index contributed by atoms with van der Waals surface area (Å²) in [6.07, 6.45) is 0.169. The number of amides is 2. The van der Waals surface area contributed by atoms with Crippen molar-refractivity contribution in [2.24, 2.45) is 5.92 Å². The number of ether oxygens (including phenoxy) is 1. The summed E-state index contributed by atoms with van der Waals surface area (Å²) in [5.74, 6) is -0.150. The molecule has 0 aliphatic carbocycles. The second kappa shape index (κ2) is 7.38. The van der Waals surface area contributed by atoms with Gasteiger partial charge in [0.05, 0.1) is 18.7 Å². The van der Waals surface area contributed by atoms with Crippen LogP contribution >= 0.6 is 11.6 Å². The standard InChI is InChI=1S/C20H21ClN2O3/c1-12-5-4-6-15(7-12)22-20(25)14-9-19(24)23(11-14)17-8-13(2)16(21)10-18(17)26-3/h4-8,10,14H,9,11H2,1-3H3,(H,22,25). The van der Waals surface area contributed by atoms with Crippen LogP contribution in [0.15, 0.2) is 36.4 Å². The Labute approximate surface area is 157 Å². The summed E-state index contributed by atoms with van der Waals surface area (Å²) >= 11 is 6.14. The highest BCUT2D eigenvalue weighted by atomic mass is 35.5. The average molecular weight is 373 g/mol. The molecule has 1 saturated heterocycles. The van der Waals surface area contributed by atoms with E-state index in [1.54, 1.807) is 11.0 Å². The van der Waals surface area contributed by atoms with E-state index in [1.165, 1.54) is 7.11 Å². The number of aryl methyl sites for hydroxylation is 2. The molecule has 5 nitrogen and oxygen atoms in total. The first-order valence-corrected chi connectivity index (χ1v) is 8.79. The Morgan fingerprint density at radius 1 is 1.27 bits per heavy atom. The molecule has 2 aromatic carbocycles. The summed E-state index contributed by atoms with van der Waals surface area (Å²) in [5, 5.41) is 3.47. The average Bonchev–Trinajstić information content (AvgIpc) is 2.98. The van der Waals surface area contributed by atoms with Gasteiger partial charge in [-0.25, -0.2) is 0 Å². The summed E-state index contributed by atoms with van der Waals surface area (Å²) < 4.78 is 5.37. The van der Waals surface area contributed by atoms with Gasteiger partial charge in [0.25, 0.3) is 0 Å². The van der Waals surface area contributed by atoms with Crippen molar-refractivity contribution in [3.8, 4) is 5.75 Å². The van der Waals surface area contributed by atoms with Gasteiger partial charge in [-0.3, -0.25) is 9.59 Å². The minimum atomic E-state index is -0.413. The van der Waals surface area contributed by atoms with Crippen molar-refractivity contribution in [3.63, 3.8) is 0 Å². The third-order valence-corrected chi connectivity index (χ3v) is 4.94. The number of methoxy groups -OCH3 is 1. The maximum atomic E-state index is 12.6. The van der Waals surface area contributed by atoms with Crippen LogP contribution in [-0.2, 0) is 9.59 Å². The van der Waals surface area contributed by atoms with Crippen LogP contribution < -0.4 is 15.0 Å². The maximum absolute atomic E-state index is 12.6. The number of hydrogen-bond donors (Lipinski definition) is 1. The molecule has 0 spiro atoms. The number of nitrogens with zero attached hydrogens (tertiary/aromatic N) is 1. The molecule has 1 atom stereocenters. The Morgan fingerprint density at radius 3 is 2.73 bits per heavy atom. The Morgan fingerprint density at radius 2 is 2.04 bits per heavy atom. The summed E-state index contributed by atoms with van der Waals surface area (Å²) in [5.41, 5.74) is 3.29. The van der Waals surface area contributed by atoms with E-state index in [0.717, 1.165) is 16.8 Å². The van der Waals surface area contributed by atoms with Gasteiger partial charge in [0.2, 0.25) is 11.8 Å². The smallest absolute Gasteiger partial charge is 0.229 e. The molecule has 2 aromatic rings. The van der Waals surface area contributed by atoms with Crippen molar-refractivity contribution in [1.82, 2.24) is 0 Å². The van der Waals surface area contributed by atoms with Gasteiger partial charge in [-0.15, -0.1) is 0 Å². The molecule has 1 heterocycles. The zero-order chi connectivity index (χ0) is 18.8. The van der Waals surface area contributed by atoms with Crippen molar-refractivity contribution < 1.29 is 14.3 Å². The topological polar surface area (TPSA) is 58.6 Å². The van der Waals surface area contributed by atoms with Crippen LogP contribution in [0.25, 0.3) is 0 Å². The van der Waals surface area contributed by atoms with E-state index in [4.69, 9.17) is 16.3 Å². The van der Waals surface area contributed by atoms with Crippen LogP contribution in [0.2, 0.25) is 5.02 Å². The Bertz CT molecular complexity index is 866. The summed E-state index contributed by atoms with van der Waals surface area (Å²) in [6, 6.07) is 11.1. The Kier molecular flexibility index (Phi) is 5.18. The minimum Gasteiger partial charge on any atom is -0.495 e. The van der Waals surface area contributed by atoms with Gasteiger partial charge in [-0.1, -0.05) is 23.7 Å². The number of anilines is 2. The third kappa shape index (κ3) is 3.68. The molecule has 136 valence electrons. The summed E-state index contributed by atoms with van der Waals surface area (Å²) in [7, 11) is 1.53. The highest BCUT2D eigenvalue weighted by Crippen LogP contribution is 2.37. The number of carbonyl (C=O) groups excluding carboxylic acids is 2. The molecular formula is C20H21ClN2O3. The second-order valence-electron chi connectivity index (χ2n) is 6.54. The quantitative estimate of drug-likeness (QED) is 0.883. The normalized spacial score (nSPS) is 16.7. The summed E-state index contributed by atoms with van der Waals surface area (Å²) in [6.45, 7) is 4.15. The molecule has 1 unspecified atom stereocenters. The zero-order valence-corrected chi connectivity index (χ0v) is 15.8. The van der Waals surface area contributed by atoms with Crippen LogP contribution in [0.4, 0.5) is 11.4 Å². The van der Waals surface area contributed by atoms with Crippen LogP contribution in [0.5, 0.6) is 5.75 Å². The van der Waals surface area contributed by atoms with Gasteiger partial charge in [-0.2, -0.15) is 0 Å². The number of carbonyl (C=O) groups is 2. The van der Waals surface area contributed by atoms with E-state index in [0.29, 0.717) is 23.0 Å².